The van der Waals surface area contributed by atoms with E-state index in [1.165, 1.54) is 12.2 Å². The second-order valence-electron chi connectivity index (χ2n) is 3.58. The molecule has 0 radical (unpaired) electrons. The van der Waals surface area contributed by atoms with Gasteiger partial charge < -0.3 is 15.3 Å². The second-order valence-corrected chi connectivity index (χ2v) is 3.58. The Labute approximate surface area is 93.3 Å². The summed E-state index contributed by atoms with van der Waals surface area (Å²) >= 11 is 0. The molecule has 0 saturated heterocycles. The summed E-state index contributed by atoms with van der Waals surface area (Å²) in [5.74, 6) is -0.244. The molecule has 1 aromatic rings. The van der Waals surface area contributed by atoms with Gasteiger partial charge in [0.25, 0.3) is 0 Å². The van der Waals surface area contributed by atoms with Crippen LogP contribution in [0.3, 0.4) is 0 Å². The smallest absolute Gasteiger partial charge is 0.125 e. The van der Waals surface area contributed by atoms with Crippen molar-refractivity contribution in [3.8, 4) is 0 Å². The molecule has 1 aliphatic carbocycles. The minimum atomic E-state index is -0.981. The third-order valence-electron chi connectivity index (χ3n) is 2.35. The van der Waals surface area contributed by atoms with Gasteiger partial charge in [0.2, 0.25) is 0 Å². The van der Waals surface area contributed by atoms with Crippen molar-refractivity contribution >= 4 is 6.08 Å². The number of aliphatic hydroxyl groups excluding tert-OH is 3. The van der Waals surface area contributed by atoms with Crippen molar-refractivity contribution in [2.75, 3.05) is 0 Å². The van der Waals surface area contributed by atoms with Gasteiger partial charge in [-0.3, -0.25) is 0 Å². The zero-order valence-corrected chi connectivity index (χ0v) is 8.54. The van der Waals surface area contributed by atoms with E-state index in [0.29, 0.717) is 5.57 Å². The van der Waals surface area contributed by atoms with E-state index in [4.69, 9.17) is 0 Å². The molecule has 0 aromatic heterocycles. The SMILES string of the molecule is OC1=CC(O)C(=Cc2ccccc2)C(O)=C1. The van der Waals surface area contributed by atoms with Gasteiger partial charge in [-0.25, -0.2) is 0 Å². The van der Waals surface area contributed by atoms with E-state index in [2.05, 4.69) is 0 Å². The fourth-order valence-electron chi connectivity index (χ4n) is 1.56. The first kappa shape index (κ1) is 10.5. The highest BCUT2D eigenvalue weighted by atomic mass is 16.3. The Morgan fingerprint density at radius 3 is 2.38 bits per heavy atom. The van der Waals surface area contributed by atoms with Crippen molar-refractivity contribution < 1.29 is 15.3 Å². The molecule has 82 valence electrons. The molecule has 3 nitrogen and oxygen atoms in total. The highest BCUT2D eigenvalue weighted by molar-refractivity contribution is 5.61. The standard InChI is InChI=1S/C13H12O3/c14-10-7-12(15)11(13(16)8-10)6-9-4-2-1-3-5-9/h1-8,12,14-16H. The van der Waals surface area contributed by atoms with Crippen LogP contribution in [-0.4, -0.2) is 21.4 Å². The molecular weight excluding hydrogens is 204 g/mol. The maximum absolute atomic E-state index is 9.67. The van der Waals surface area contributed by atoms with Gasteiger partial charge in [-0.2, -0.15) is 0 Å². The van der Waals surface area contributed by atoms with E-state index >= 15 is 0 Å². The maximum atomic E-state index is 9.67. The van der Waals surface area contributed by atoms with Crippen LogP contribution in [0.15, 0.2) is 59.6 Å². The summed E-state index contributed by atoms with van der Waals surface area (Å²) in [6, 6.07) is 9.36. The summed E-state index contributed by atoms with van der Waals surface area (Å²) in [5, 5.41) is 28.4. The topological polar surface area (TPSA) is 60.7 Å². The van der Waals surface area contributed by atoms with Crippen LogP contribution in [0.1, 0.15) is 5.56 Å². The van der Waals surface area contributed by atoms with Crippen LogP contribution in [0, 0.1) is 0 Å². The van der Waals surface area contributed by atoms with Crippen molar-refractivity contribution in [2.24, 2.45) is 0 Å². The van der Waals surface area contributed by atoms with E-state index in [0.717, 1.165) is 5.56 Å². The number of hydrogen-bond donors (Lipinski definition) is 3. The lowest BCUT2D eigenvalue weighted by atomic mass is 9.99. The third-order valence-corrected chi connectivity index (χ3v) is 2.35. The molecule has 0 bridgehead atoms. The highest BCUT2D eigenvalue weighted by Gasteiger charge is 2.18. The van der Waals surface area contributed by atoms with Gasteiger partial charge in [-0.1, -0.05) is 30.3 Å². The molecule has 0 heterocycles. The van der Waals surface area contributed by atoms with E-state index in [1.54, 1.807) is 6.08 Å². The third kappa shape index (κ3) is 2.15. The minimum absolute atomic E-state index is 0.114. The number of hydrogen-bond acceptors (Lipinski definition) is 3. The molecular formula is C13H12O3. The van der Waals surface area contributed by atoms with Crippen LogP contribution >= 0.6 is 0 Å². The molecule has 1 atom stereocenters. The summed E-state index contributed by atoms with van der Waals surface area (Å²) in [4.78, 5) is 0. The van der Waals surface area contributed by atoms with Gasteiger partial charge in [0.05, 0.1) is 0 Å². The molecule has 0 saturated carbocycles. The molecule has 0 aliphatic heterocycles. The quantitative estimate of drug-likeness (QED) is 0.675. The summed E-state index contributed by atoms with van der Waals surface area (Å²) in [6.45, 7) is 0. The number of rotatable bonds is 1. The molecule has 1 aromatic carbocycles. The normalized spacial score (nSPS) is 22.8. The first-order valence-corrected chi connectivity index (χ1v) is 4.93. The summed E-state index contributed by atoms with van der Waals surface area (Å²) in [6.07, 6.45) is 3.18. The summed E-state index contributed by atoms with van der Waals surface area (Å²) in [5.41, 5.74) is 1.26. The molecule has 0 fully saturated rings. The zero-order valence-electron chi connectivity index (χ0n) is 8.54. The lowest BCUT2D eigenvalue weighted by molar-refractivity contribution is 0.238. The second kappa shape index (κ2) is 4.24. The molecule has 3 N–H and O–H groups in total. The highest BCUT2D eigenvalue weighted by Crippen LogP contribution is 2.23. The summed E-state index contributed by atoms with van der Waals surface area (Å²) in [7, 11) is 0. The fraction of sp³-hybridized carbons (Fsp3) is 0.0769. The van der Waals surface area contributed by atoms with Gasteiger partial charge >= 0.3 is 0 Å². The molecule has 16 heavy (non-hydrogen) atoms. The first-order chi connectivity index (χ1) is 7.66. The van der Waals surface area contributed by atoms with Crippen molar-refractivity contribution in [3.63, 3.8) is 0 Å². The van der Waals surface area contributed by atoms with Crippen molar-refractivity contribution in [3.05, 3.63) is 65.1 Å². The Kier molecular flexibility index (Phi) is 2.79. The van der Waals surface area contributed by atoms with Gasteiger partial charge in [0.15, 0.2) is 0 Å². The molecule has 2 rings (SSSR count). The molecule has 0 spiro atoms. The Morgan fingerprint density at radius 2 is 1.75 bits per heavy atom. The Hall–Kier alpha value is -2.00. The van der Waals surface area contributed by atoms with Crippen LogP contribution in [0.2, 0.25) is 0 Å². The predicted molar refractivity (Wildman–Crippen MR) is 61.8 cm³/mol. The van der Waals surface area contributed by atoms with Gasteiger partial charge in [0.1, 0.15) is 17.6 Å². The molecule has 0 amide bonds. The lowest BCUT2D eigenvalue weighted by Crippen LogP contribution is -2.13. The first-order valence-electron chi connectivity index (χ1n) is 4.93. The largest absolute Gasteiger partial charge is 0.508 e. The number of benzene rings is 1. The molecule has 3 heteroatoms. The molecule has 1 unspecified atom stereocenters. The van der Waals surface area contributed by atoms with Crippen LogP contribution in [0.4, 0.5) is 0 Å². The molecule has 1 aliphatic rings. The van der Waals surface area contributed by atoms with Gasteiger partial charge in [-0.15, -0.1) is 0 Å². The van der Waals surface area contributed by atoms with E-state index in [9.17, 15) is 15.3 Å². The predicted octanol–water partition coefficient (Wildman–Crippen LogP) is 2.33. The number of allylic oxidation sites excluding steroid dienone is 1. The van der Waals surface area contributed by atoms with Crippen LogP contribution in [0.5, 0.6) is 0 Å². The average molecular weight is 216 g/mol. The zero-order chi connectivity index (χ0) is 11.5. The average Bonchev–Trinajstić information content (AvgIpc) is 2.25. The van der Waals surface area contributed by atoms with Crippen LogP contribution < -0.4 is 0 Å². The summed E-state index contributed by atoms with van der Waals surface area (Å²) < 4.78 is 0. The maximum Gasteiger partial charge on any atom is 0.125 e. The Bertz CT molecular complexity index is 469. The fourth-order valence-corrected chi connectivity index (χ4v) is 1.56. The van der Waals surface area contributed by atoms with E-state index < -0.39 is 6.10 Å². The van der Waals surface area contributed by atoms with Crippen LogP contribution in [-0.2, 0) is 0 Å². The number of aliphatic hydroxyl groups is 3. The van der Waals surface area contributed by atoms with Crippen molar-refractivity contribution in [2.45, 2.75) is 6.10 Å². The van der Waals surface area contributed by atoms with Gasteiger partial charge in [-0.05, 0) is 17.7 Å². The van der Waals surface area contributed by atoms with Gasteiger partial charge in [0, 0.05) is 11.6 Å². The van der Waals surface area contributed by atoms with E-state index in [1.807, 2.05) is 30.3 Å². The minimum Gasteiger partial charge on any atom is -0.508 e. The lowest BCUT2D eigenvalue weighted by Gasteiger charge is -2.15. The van der Waals surface area contributed by atoms with Crippen molar-refractivity contribution in [1.82, 2.24) is 0 Å². The van der Waals surface area contributed by atoms with Crippen LogP contribution in [0.25, 0.3) is 6.08 Å². The van der Waals surface area contributed by atoms with E-state index in [-0.39, 0.29) is 11.5 Å². The Morgan fingerprint density at radius 1 is 1.06 bits per heavy atom. The Balaban J connectivity index is 2.36. The monoisotopic (exact) mass is 216 g/mol. The van der Waals surface area contributed by atoms with Crippen molar-refractivity contribution in [1.29, 1.82) is 0 Å².